The third kappa shape index (κ3) is 4.11. The Morgan fingerprint density at radius 3 is 2.68 bits per heavy atom. The molecule has 5 heteroatoms. The highest BCUT2D eigenvalue weighted by Crippen LogP contribution is 2.31. The highest BCUT2D eigenvalue weighted by Gasteiger charge is 2.24. The summed E-state index contributed by atoms with van der Waals surface area (Å²) in [5.41, 5.74) is 0.644. The minimum atomic E-state index is -0.744. The molecule has 2 nitrogen and oxygen atoms in total. The molecule has 0 saturated heterocycles. The number of carbonyl (C=O) groups is 1. The maximum atomic E-state index is 12.2. The fourth-order valence-corrected chi connectivity index (χ4v) is 3.28. The number of nitrogens with one attached hydrogen (secondary N) is 1. The number of rotatable bonds is 3. The van der Waals surface area contributed by atoms with E-state index in [0.29, 0.717) is 10.6 Å². The molecule has 0 radical (unpaired) electrons. The lowest BCUT2D eigenvalue weighted by Gasteiger charge is -2.24. The zero-order chi connectivity index (χ0) is 13.8. The van der Waals surface area contributed by atoms with E-state index in [9.17, 15) is 4.79 Å². The first-order valence-electron chi connectivity index (χ1n) is 6.47. The molecule has 0 aliphatic heterocycles. The first kappa shape index (κ1) is 15.1. The van der Waals surface area contributed by atoms with Crippen LogP contribution in [0.25, 0.3) is 0 Å². The minimum absolute atomic E-state index is 0.159. The Labute approximate surface area is 132 Å². The molecule has 0 aromatic heterocycles. The van der Waals surface area contributed by atoms with Gasteiger partial charge in [-0.2, -0.15) is 0 Å². The number of carbonyl (C=O) groups excluding carboxylic acids is 1. The van der Waals surface area contributed by atoms with Gasteiger partial charge < -0.3 is 5.32 Å². The van der Waals surface area contributed by atoms with Crippen molar-refractivity contribution in [3.63, 3.8) is 0 Å². The minimum Gasteiger partial charge on any atom is -0.352 e. The highest BCUT2D eigenvalue weighted by molar-refractivity contribution is 9.10. The second-order valence-electron chi connectivity index (χ2n) is 4.87. The molecule has 19 heavy (non-hydrogen) atoms. The van der Waals surface area contributed by atoms with E-state index in [0.717, 1.165) is 17.3 Å². The van der Waals surface area contributed by atoms with E-state index in [1.807, 2.05) is 6.07 Å². The summed E-state index contributed by atoms with van der Waals surface area (Å²) in [5, 5.41) is 2.79. The summed E-state index contributed by atoms with van der Waals surface area (Å²) in [5.74, 6) is -0.159. The van der Waals surface area contributed by atoms with Crippen LogP contribution in [0.3, 0.4) is 0 Å². The van der Waals surface area contributed by atoms with Crippen LogP contribution in [-0.4, -0.2) is 11.9 Å². The maximum Gasteiger partial charge on any atom is 0.242 e. The molecule has 1 aromatic carbocycles. The van der Waals surface area contributed by atoms with E-state index in [1.165, 1.54) is 19.3 Å². The van der Waals surface area contributed by atoms with E-state index in [4.69, 9.17) is 23.2 Å². The van der Waals surface area contributed by atoms with Gasteiger partial charge in [0.2, 0.25) is 5.91 Å². The van der Waals surface area contributed by atoms with E-state index in [-0.39, 0.29) is 11.9 Å². The van der Waals surface area contributed by atoms with Crippen molar-refractivity contribution in [2.75, 3.05) is 0 Å². The van der Waals surface area contributed by atoms with Crippen molar-refractivity contribution >= 4 is 45.0 Å². The summed E-state index contributed by atoms with van der Waals surface area (Å²) >= 11 is 15.7. The molecule has 1 unspecified atom stereocenters. The third-order valence-corrected chi connectivity index (χ3v) is 4.68. The number of benzene rings is 1. The molecule has 104 valence electrons. The summed E-state index contributed by atoms with van der Waals surface area (Å²) in [6, 6.07) is 5.62. The van der Waals surface area contributed by atoms with E-state index >= 15 is 0 Å². The van der Waals surface area contributed by atoms with E-state index in [1.54, 1.807) is 12.1 Å². The smallest absolute Gasteiger partial charge is 0.242 e. The van der Waals surface area contributed by atoms with Gasteiger partial charge in [-0.3, -0.25) is 4.79 Å². The van der Waals surface area contributed by atoms with Gasteiger partial charge in [-0.1, -0.05) is 46.8 Å². The van der Waals surface area contributed by atoms with Crippen LogP contribution in [0, 0.1) is 0 Å². The van der Waals surface area contributed by atoms with Crippen LogP contribution in [-0.2, 0) is 4.79 Å². The Morgan fingerprint density at radius 2 is 2.00 bits per heavy atom. The summed E-state index contributed by atoms with van der Waals surface area (Å²) in [6.07, 6.45) is 5.70. The maximum absolute atomic E-state index is 12.2. The largest absolute Gasteiger partial charge is 0.352 e. The molecule has 1 saturated carbocycles. The molecule has 2 rings (SSSR count). The Hall–Kier alpha value is -0.250. The van der Waals surface area contributed by atoms with Crippen molar-refractivity contribution in [2.45, 2.75) is 43.5 Å². The predicted octanol–water partition coefficient (Wildman–Crippen LogP) is 4.83. The fourth-order valence-electron chi connectivity index (χ4n) is 2.37. The first-order chi connectivity index (χ1) is 9.08. The molecule has 1 atom stereocenters. The average molecular weight is 365 g/mol. The zero-order valence-electron chi connectivity index (χ0n) is 10.5. The van der Waals surface area contributed by atoms with Gasteiger partial charge in [0.1, 0.15) is 5.38 Å². The Morgan fingerprint density at radius 1 is 1.32 bits per heavy atom. The van der Waals surface area contributed by atoms with Gasteiger partial charge in [0.05, 0.1) is 0 Å². The molecular weight excluding hydrogens is 349 g/mol. The van der Waals surface area contributed by atoms with Crippen LogP contribution in [0.2, 0.25) is 5.02 Å². The molecule has 1 fully saturated rings. The number of hydrogen-bond acceptors (Lipinski definition) is 1. The standard InChI is InChI=1S/C14H16BrCl2NO/c15-9-6-7-12(16)11(8-9)13(17)14(19)18-10-4-2-1-3-5-10/h6-8,10,13H,1-5H2,(H,18,19). The topological polar surface area (TPSA) is 29.1 Å². The second kappa shape index (κ2) is 6.96. The van der Waals surface area contributed by atoms with Crippen LogP contribution in [0.1, 0.15) is 43.0 Å². The fraction of sp³-hybridized carbons (Fsp3) is 0.500. The Bertz CT molecular complexity index is 461. The van der Waals surface area contributed by atoms with Crippen molar-refractivity contribution in [2.24, 2.45) is 0 Å². The monoisotopic (exact) mass is 363 g/mol. The molecule has 1 aromatic rings. The lowest BCUT2D eigenvalue weighted by molar-refractivity contribution is -0.121. The van der Waals surface area contributed by atoms with Gasteiger partial charge in [-0.25, -0.2) is 0 Å². The van der Waals surface area contributed by atoms with Crippen LogP contribution < -0.4 is 5.32 Å². The predicted molar refractivity (Wildman–Crippen MR) is 82.8 cm³/mol. The van der Waals surface area contributed by atoms with Gasteiger partial charge in [0.25, 0.3) is 0 Å². The van der Waals surface area contributed by atoms with Crippen molar-refractivity contribution < 1.29 is 4.79 Å². The van der Waals surface area contributed by atoms with Crippen LogP contribution in [0.5, 0.6) is 0 Å². The van der Waals surface area contributed by atoms with Crippen molar-refractivity contribution in [3.8, 4) is 0 Å². The number of alkyl halides is 1. The van der Waals surface area contributed by atoms with Gasteiger partial charge in [-0.15, -0.1) is 11.6 Å². The Kier molecular flexibility index (Phi) is 5.55. The van der Waals surface area contributed by atoms with E-state index < -0.39 is 5.38 Å². The SMILES string of the molecule is O=C(NC1CCCCC1)C(Cl)c1cc(Br)ccc1Cl. The summed E-state index contributed by atoms with van der Waals surface area (Å²) in [4.78, 5) is 12.2. The number of amides is 1. The summed E-state index contributed by atoms with van der Waals surface area (Å²) in [7, 11) is 0. The normalized spacial score (nSPS) is 18.1. The van der Waals surface area contributed by atoms with Crippen molar-refractivity contribution in [1.29, 1.82) is 0 Å². The highest BCUT2D eigenvalue weighted by atomic mass is 79.9. The van der Waals surface area contributed by atoms with Gasteiger partial charge in [-0.05, 0) is 36.6 Å². The van der Waals surface area contributed by atoms with Crippen molar-refractivity contribution in [1.82, 2.24) is 5.32 Å². The average Bonchev–Trinajstić information content (AvgIpc) is 2.42. The number of halogens is 3. The van der Waals surface area contributed by atoms with Crippen LogP contribution in [0.15, 0.2) is 22.7 Å². The molecule has 1 N–H and O–H groups in total. The molecular formula is C14H16BrCl2NO. The van der Waals surface area contributed by atoms with Crippen LogP contribution >= 0.6 is 39.1 Å². The zero-order valence-corrected chi connectivity index (χ0v) is 13.6. The molecule has 0 spiro atoms. The quantitative estimate of drug-likeness (QED) is 0.764. The van der Waals surface area contributed by atoms with Crippen LogP contribution in [0.4, 0.5) is 0 Å². The van der Waals surface area contributed by atoms with Crippen molar-refractivity contribution in [3.05, 3.63) is 33.3 Å². The molecule has 1 aliphatic carbocycles. The summed E-state index contributed by atoms with van der Waals surface area (Å²) < 4.78 is 0.864. The lowest BCUT2D eigenvalue weighted by Crippen LogP contribution is -2.38. The molecule has 1 amide bonds. The Balaban J connectivity index is 2.03. The first-order valence-corrected chi connectivity index (χ1v) is 8.08. The van der Waals surface area contributed by atoms with E-state index in [2.05, 4.69) is 21.2 Å². The molecule has 0 bridgehead atoms. The van der Waals surface area contributed by atoms with Gasteiger partial charge in [0, 0.05) is 15.5 Å². The molecule has 1 aliphatic rings. The van der Waals surface area contributed by atoms with Gasteiger partial charge in [0.15, 0.2) is 0 Å². The molecule has 0 heterocycles. The van der Waals surface area contributed by atoms with Gasteiger partial charge >= 0.3 is 0 Å². The third-order valence-electron chi connectivity index (χ3n) is 3.41. The number of hydrogen-bond donors (Lipinski definition) is 1. The lowest BCUT2D eigenvalue weighted by atomic mass is 9.95. The summed E-state index contributed by atoms with van der Waals surface area (Å²) in [6.45, 7) is 0. The second-order valence-corrected chi connectivity index (χ2v) is 6.63.